The second-order valence-electron chi connectivity index (χ2n) is 4.49. The lowest BCUT2D eigenvalue weighted by Crippen LogP contribution is -2.29. The Bertz CT molecular complexity index is 380. The van der Waals surface area contributed by atoms with Crippen molar-refractivity contribution in [3.63, 3.8) is 0 Å². The van der Waals surface area contributed by atoms with Crippen molar-refractivity contribution in [2.24, 2.45) is 5.92 Å². The zero-order chi connectivity index (χ0) is 12.3. The molecule has 0 amide bonds. The zero-order valence-electron chi connectivity index (χ0n) is 10.8. The van der Waals surface area contributed by atoms with Gasteiger partial charge in [-0.1, -0.05) is 17.2 Å². The van der Waals surface area contributed by atoms with E-state index in [2.05, 4.69) is 19.9 Å². The van der Waals surface area contributed by atoms with E-state index >= 15 is 0 Å². The minimum absolute atomic E-state index is 0.0887. The molecule has 0 heterocycles. The molecule has 0 fully saturated rings. The molecule has 0 aliphatic heterocycles. The number of hydrogen-bond donors (Lipinski definition) is 0. The number of methoxy groups -OCH3 is 1. The van der Waals surface area contributed by atoms with Gasteiger partial charge in [0.1, 0.15) is 0 Å². The van der Waals surface area contributed by atoms with Gasteiger partial charge in [-0.25, -0.2) is 0 Å². The molecule has 2 heteroatoms. The zero-order valence-corrected chi connectivity index (χ0v) is 10.8. The third kappa shape index (κ3) is 2.63. The Balaban J connectivity index is 2.77. The number of ether oxygens (including phenoxy) is 1. The van der Waals surface area contributed by atoms with Crippen molar-refractivity contribution in [2.75, 3.05) is 7.11 Å². The lowest BCUT2D eigenvalue weighted by molar-refractivity contribution is -0.119. The highest BCUT2D eigenvalue weighted by atomic mass is 16.5. The third-order valence-electron chi connectivity index (χ3n) is 2.96. The molecule has 0 aromatic carbocycles. The molecule has 1 rings (SSSR count). The van der Waals surface area contributed by atoms with Crippen molar-refractivity contribution in [1.29, 1.82) is 0 Å². The lowest BCUT2D eigenvalue weighted by Gasteiger charge is -2.27. The first-order chi connectivity index (χ1) is 7.47. The highest BCUT2D eigenvalue weighted by Gasteiger charge is 2.33. The van der Waals surface area contributed by atoms with Crippen LogP contribution in [0.2, 0.25) is 0 Å². The molecule has 0 bridgehead atoms. The number of carbonyl (C=O) groups excluding carboxylic acids is 1. The van der Waals surface area contributed by atoms with Gasteiger partial charge >= 0.3 is 0 Å². The minimum atomic E-state index is 0.0887. The Morgan fingerprint density at radius 1 is 1.38 bits per heavy atom. The Morgan fingerprint density at radius 3 is 2.44 bits per heavy atom. The van der Waals surface area contributed by atoms with Crippen LogP contribution in [0.1, 0.15) is 34.1 Å². The van der Waals surface area contributed by atoms with Crippen molar-refractivity contribution in [3.05, 3.63) is 34.6 Å². The smallest absolute Gasteiger partial charge is 0.170 e. The molecule has 0 saturated carbocycles. The van der Waals surface area contributed by atoms with Crippen molar-refractivity contribution >= 4 is 5.78 Å². The van der Waals surface area contributed by atoms with E-state index in [4.69, 9.17) is 4.74 Å². The summed E-state index contributed by atoms with van der Waals surface area (Å²) in [6, 6.07) is 0. The fourth-order valence-corrected chi connectivity index (χ4v) is 1.77. The first-order valence-electron chi connectivity index (χ1n) is 5.58. The normalized spacial score (nSPS) is 20.7. The van der Waals surface area contributed by atoms with E-state index in [1.807, 2.05) is 19.9 Å². The van der Waals surface area contributed by atoms with Crippen molar-refractivity contribution in [1.82, 2.24) is 0 Å². The van der Waals surface area contributed by atoms with Crippen LogP contribution in [0.5, 0.6) is 0 Å². The lowest BCUT2D eigenvalue weighted by atomic mass is 9.74. The van der Waals surface area contributed by atoms with Gasteiger partial charge < -0.3 is 4.74 Å². The molecule has 1 atom stereocenters. The Labute approximate surface area is 97.7 Å². The minimum Gasteiger partial charge on any atom is -0.501 e. The molecule has 1 aliphatic carbocycles. The topological polar surface area (TPSA) is 26.3 Å². The van der Waals surface area contributed by atoms with Crippen molar-refractivity contribution in [3.8, 4) is 0 Å². The van der Waals surface area contributed by atoms with E-state index in [-0.39, 0.29) is 11.7 Å². The van der Waals surface area contributed by atoms with Gasteiger partial charge in [0.25, 0.3) is 0 Å². The first-order valence-corrected chi connectivity index (χ1v) is 5.58. The number of rotatable bonds is 4. The standard InChI is InChI=1S/C14H20O2/c1-9(2)6-7-12-11(4)13(14(12)15)8-10(3)16-5/h6,8,12H,7H2,1-5H3/b10-8+. The Hall–Kier alpha value is -1.31. The number of hydrogen-bond acceptors (Lipinski definition) is 2. The predicted octanol–water partition coefficient (Wildman–Crippen LogP) is 3.41. The highest BCUT2D eigenvalue weighted by molar-refractivity contribution is 6.09. The maximum absolute atomic E-state index is 11.8. The average molecular weight is 220 g/mol. The summed E-state index contributed by atoms with van der Waals surface area (Å²) in [5.41, 5.74) is 3.27. The summed E-state index contributed by atoms with van der Waals surface area (Å²) in [4.78, 5) is 11.8. The second-order valence-corrected chi connectivity index (χ2v) is 4.49. The average Bonchev–Trinajstić information content (AvgIpc) is 2.25. The third-order valence-corrected chi connectivity index (χ3v) is 2.96. The fraction of sp³-hybridized carbons (Fsp3) is 0.500. The molecular weight excluding hydrogens is 200 g/mol. The molecule has 1 aliphatic rings. The van der Waals surface area contributed by atoms with Crippen LogP contribution in [-0.2, 0) is 9.53 Å². The van der Waals surface area contributed by atoms with Crippen LogP contribution < -0.4 is 0 Å². The summed E-state index contributed by atoms with van der Waals surface area (Å²) in [6.07, 6.45) is 4.78. The molecule has 0 aromatic heterocycles. The van der Waals surface area contributed by atoms with Crippen LogP contribution in [0.3, 0.4) is 0 Å². The predicted molar refractivity (Wildman–Crippen MR) is 66.0 cm³/mol. The van der Waals surface area contributed by atoms with Crippen LogP contribution in [0.15, 0.2) is 34.6 Å². The SMILES string of the molecule is CO/C(C)=C/C1=C(C)C(CC=C(C)C)C1=O. The first kappa shape index (κ1) is 12.8. The monoisotopic (exact) mass is 220 g/mol. The number of ketones is 1. The van der Waals surface area contributed by atoms with Crippen molar-refractivity contribution < 1.29 is 9.53 Å². The molecule has 16 heavy (non-hydrogen) atoms. The molecule has 0 aromatic rings. The largest absolute Gasteiger partial charge is 0.501 e. The molecular formula is C14H20O2. The molecule has 0 spiro atoms. The van der Waals surface area contributed by atoms with Crippen molar-refractivity contribution in [2.45, 2.75) is 34.1 Å². The van der Waals surface area contributed by atoms with E-state index in [0.29, 0.717) is 0 Å². The van der Waals surface area contributed by atoms with Gasteiger partial charge in [-0.2, -0.15) is 0 Å². The summed E-state index contributed by atoms with van der Waals surface area (Å²) < 4.78 is 5.05. The van der Waals surface area contributed by atoms with E-state index in [0.717, 1.165) is 17.8 Å². The van der Waals surface area contributed by atoms with E-state index in [1.54, 1.807) is 7.11 Å². The fourth-order valence-electron chi connectivity index (χ4n) is 1.77. The second kappa shape index (κ2) is 5.15. The van der Waals surface area contributed by atoms with E-state index < -0.39 is 0 Å². The molecule has 2 nitrogen and oxygen atoms in total. The quantitative estimate of drug-likeness (QED) is 0.536. The maximum Gasteiger partial charge on any atom is 0.170 e. The van der Waals surface area contributed by atoms with Crippen LogP contribution in [-0.4, -0.2) is 12.9 Å². The van der Waals surface area contributed by atoms with E-state index in [1.165, 1.54) is 11.1 Å². The Morgan fingerprint density at radius 2 is 2.00 bits per heavy atom. The summed E-state index contributed by atoms with van der Waals surface area (Å²) >= 11 is 0. The number of allylic oxidation sites excluding steroid dienone is 6. The van der Waals surface area contributed by atoms with Gasteiger partial charge in [0.05, 0.1) is 12.9 Å². The van der Waals surface area contributed by atoms with Gasteiger partial charge in [-0.05, 0) is 40.2 Å². The van der Waals surface area contributed by atoms with Crippen LogP contribution in [0.4, 0.5) is 0 Å². The number of carbonyl (C=O) groups is 1. The number of Topliss-reactive ketones (excluding diaryl/α,β-unsaturated/α-hetero) is 1. The van der Waals surface area contributed by atoms with E-state index in [9.17, 15) is 4.79 Å². The summed E-state index contributed by atoms with van der Waals surface area (Å²) in [6.45, 7) is 7.99. The maximum atomic E-state index is 11.8. The van der Waals surface area contributed by atoms with Crippen LogP contribution in [0, 0.1) is 5.92 Å². The van der Waals surface area contributed by atoms with Gasteiger partial charge in [0.15, 0.2) is 5.78 Å². The summed E-state index contributed by atoms with van der Waals surface area (Å²) in [5, 5.41) is 0. The van der Waals surface area contributed by atoms with Gasteiger partial charge in [-0.15, -0.1) is 0 Å². The molecule has 0 radical (unpaired) electrons. The summed E-state index contributed by atoms with van der Waals surface area (Å²) in [5.74, 6) is 1.11. The van der Waals surface area contributed by atoms with Crippen LogP contribution in [0.25, 0.3) is 0 Å². The van der Waals surface area contributed by atoms with Gasteiger partial charge in [0, 0.05) is 11.5 Å². The Kier molecular flexibility index (Phi) is 4.11. The molecule has 0 N–H and O–H groups in total. The molecule has 0 saturated heterocycles. The highest BCUT2D eigenvalue weighted by Crippen LogP contribution is 2.35. The molecule has 1 unspecified atom stereocenters. The van der Waals surface area contributed by atoms with Gasteiger partial charge in [0.2, 0.25) is 0 Å². The van der Waals surface area contributed by atoms with Gasteiger partial charge in [-0.3, -0.25) is 4.79 Å². The molecule has 88 valence electrons. The summed E-state index contributed by atoms with van der Waals surface area (Å²) in [7, 11) is 1.62. The van der Waals surface area contributed by atoms with Crippen LogP contribution >= 0.6 is 0 Å².